The van der Waals surface area contributed by atoms with Gasteiger partial charge in [-0.15, -0.1) is 0 Å². The van der Waals surface area contributed by atoms with E-state index in [1.165, 1.54) is 5.56 Å². The monoisotopic (exact) mass is 325 g/mol. The Kier molecular flexibility index (Phi) is 4.70. The number of rotatable bonds is 3. The summed E-state index contributed by atoms with van der Waals surface area (Å²) in [4.78, 5) is 0. The van der Waals surface area contributed by atoms with E-state index in [0.29, 0.717) is 0 Å². The summed E-state index contributed by atoms with van der Waals surface area (Å²) in [5.41, 5.74) is 1.79. The second kappa shape index (κ2) is 5.94. The number of hydrogen-bond acceptors (Lipinski definition) is 2. The lowest BCUT2D eigenvalue weighted by Crippen LogP contribution is -2.48. The van der Waals surface area contributed by atoms with Crippen molar-refractivity contribution in [1.29, 1.82) is 0 Å². The molecule has 1 aliphatic rings. The first-order valence-corrected chi connectivity index (χ1v) is 7.79. The molecule has 0 bridgehead atoms. The quantitative estimate of drug-likeness (QED) is 0.910. The molecule has 1 aromatic rings. The standard InChI is InChI=1S/C16H24BrNO/c1-15(2,3)18-12-16(8-10-19-11-9-16)13-4-6-14(17)7-5-13/h4-7,18H,8-12H2,1-3H3. The third-order valence-electron chi connectivity index (χ3n) is 3.86. The molecule has 1 aromatic carbocycles. The minimum atomic E-state index is 0.153. The van der Waals surface area contributed by atoms with Gasteiger partial charge < -0.3 is 10.1 Å². The first-order valence-electron chi connectivity index (χ1n) is 7.00. The van der Waals surface area contributed by atoms with Crippen molar-refractivity contribution in [1.82, 2.24) is 5.32 Å². The highest BCUT2D eigenvalue weighted by molar-refractivity contribution is 9.10. The van der Waals surface area contributed by atoms with Crippen LogP contribution in [0.3, 0.4) is 0 Å². The largest absolute Gasteiger partial charge is 0.381 e. The normalized spacial score (nSPS) is 19.4. The van der Waals surface area contributed by atoms with Crippen LogP contribution in [0, 0.1) is 0 Å². The van der Waals surface area contributed by atoms with Crippen LogP contribution < -0.4 is 5.32 Å². The highest BCUT2D eigenvalue weighted by Gasteiger charge is 2.35. The molecule has 0 saturated carbocycles. The summed E-state index contributed by atoms with van der Waals surface area (Å²) >= 11 is 3.52. The number of benzene rings is 1. The van der Waals surface area contributed by atoms with E-state index in [4.69, 9.17) is 4.74 Å². The lowest BCUT2D eigenvalue weighted by molar-refractivity contribution is 0.0476. The minimum absolute atomic E-state index is 0.153. The molecule has 3 heteroatoms. The van der Waals surface area contributed by atoms with Gasteiger partial charge in [0.15, 0.2) is 0 Å². The minimum Gasteiger partial charge on any atom is -0.381 e. The van der Waals surface area contributed by atoms with Crippen LogP contribution in [0.4, 0.5) is 0 Å². The average molecular weight is 326 g/mol. The second-order valence-corrected chi connectivity index (χ2v) is 7.42. The summed E-state index contributed by atoms with van der Waals surface area (Å²) in [7, 11) is 0. The van der Waals surface area contributed by atoms with Gasteiger partial charge in [-0.3, -0.25) is 0 Å². The Hall–Kier alpha value is -0.380. The van der Waals surface area contributed by atoms with Crippen molar-refractivity contribution in [2.75, 3.05) is 19.8 Å². The number of ether oxygens (including phenoxy) is 1. The van der Waals surface area contributed by atoms with E-state index in [0.717, 1.165) is 37.1 Å². The predicted molar refractivity (Wildman–Crippen MR) is 83.6 cm³/mol. The van der Waals surface area contributed by atoms with Gasteiger partial charge in [0, 0.05) is 35.2 Å². The Morgan fingerprint density at radius 2 is 1.74 bits per heavy atom. The van der Waals surface area contributed by atoms with Crippen molar-refractivity contribution >= 4 is 15.9 Å². The van der Waals surface area contributed by atoms with Gasteiger partial charge in [0.2, 0.25) is 0 Å². The van der Waals surface area contributed by atoms with Crippen molar-refractivity contribution in [2.24, 2.45) is 0 Å². The van der Waals surface area contributed by atoms with E-state index in [9.17, 15) is 0 Å². The van der Waals surface area contributed by atoms with Gasteiger partial charge in [0.25, 0.3) is 0 Å². The first-order chi connectivity index (χ1) is 8.91. The number of halogens is 1. The highest BCUT2D eigenvalue weighted by atomic mass is 79.9. The van der Waals surface area contributed by atoms with Crippen LogP contribution in [-0.4, -0.2) is 25.3 Å². The average Bonchev–Trinajstić information content (AvgIpc) is 2.37. The lowest BCUT2D eigenvalue weighted by Gasteiger charge is -2.40. The maximum Gasteiger partial charge on any atom is 0.0475 e. The first kappa shape index (κ1) is 15.0. The fourth-order valence-electron chi connectivity index (χ4n) is 2.57. The van der Waals surface area contributed by atoms with E-state index in [-0.39, 0.29) is 11.0 Å². The fourth-order valence-corrected chi connectivity index (χ4v) is 2.83. The van der Waals surface area contributed by atoms with Gasteiger partial charge in [-0.25, -0.2) is 0 Å². The van der Waals surface area contributed by atoms with Crippen molar-refractivity contribution in [3.8, 4) is 0 Å². The van der Waals surface area contributed by atoms with E-state index in [1.54, 1.807) is 0 Å². The van der Waals surface area contributed by atoms with Crippen LogP contribution in [0.5, 0.6) is 0 Å². The maximum absolute atomic E-state index is 5.56. The summed E-state index contributed by atoms with van der Waals surface area (Å²) < 4.78 is 6.71. The van der Waals surface area contributed by atoms with Crippen molar-refractivity contribution < 1.29 is 4.74 Å². The van der Waals surface area contributed by atoms with Crippen LogP contribution in [0.15, 0.2) is 28.7 Å². The van der Waals surface area contributed by atoms with Crippen LogP contribution >= 0.6 is 15.9 Å². The number of hydrogen-bond donors (Lipinski definition) is 1. The molecule has 2 rings (SSSR count). The molecule has 0 radical (unpaired) electrons. The van der Waals surface area contributed by atoms with Gasteiger partial charge in [0.05, 0.1) is 0 Å². The lowest BCUT2D eigenvalue weighted by atomic mass is 9.73. The SMILES string of the molecule is CC(C)(C)NCC1(c2ccc(Br)cc2)CCOCC1. The topological polar surface area (TPSA) is 21.3 Å². The smallest absolute Gasteiger partial charge is 0.0475 e. The molecule has 19 heavy (non-hydrogen) atoms. The zero-order valence-corrected chi connectivity index (χ0v) is 13.7. The Morgan fingerprint density at radius 1 is 1.16 bits per heavy atom. The summed E-state index contributed by atoms with van der Waals surface area (Å²) in [5.74, 6) is 0. The van der Waals surface area contributed by atoms with E-state index < -0.39 is 0 Å². The Morgan fingerprint density at radius 3 is 2.26 bits per heavy atom. The highest BCUT2D eigenvalue weighted by Crippen LogP contribution is 2.35. The molecule has 1 fully saturated rings. The molecule has 0 atom stereocenters. The fraction of sp³-hybridized carbons (Fsp3) is 0.625. The predicted octanol–water partition coefficient (Wildman–Crippen LogP) is 3.89. The summed E-state index contributed by atoms with van der Waals surface area (Å²) in [6.45, 7) is 9.41. The molecule has 1 saturated heterocycles. The molecule has 0 aromatic heterocycles. The van der Waals surface area contributed by atoms with Crippen LogP contribution in [-0.2, 0) is 10.2 Å². The molecular weight excluding hydrogens is 302 g/mol. The molecule has 0 spiro atoms. The van der Waals surface area contributed by atoms with Crippen molar-refractivity contribution in [3.05, 3.63) is 34.3 Å². The summed E-state index contributed by atoms with van der Waals surface area (Å²) in [6.07, 6.45) is 2.19. The molecular formula is C16H24BrNO. The Bertz CT molecular complexity index is 402. The van der Waals surface area contributed by atoms with E-state index in [2.05, 4.69) is 66.3 Å². The van der Waals surface area contributed by atoms with Gasteiger partial charge in [0.1, 0.15) is 0 Å². The molecule has 1 heterocycles. The maximum atomic E-state index is 5.56. The van der Waals surface area contributed by atoms with Crippen molar-refractivity contribution in [2.45, 2.75) is 44.6 Å². The molecule has 106 valence electrons. The van der Waals surface area contributed by atoms with Gasteiger partial charge in [-0.1, -0.05) is 28.1 Å². The van der Waals surface area contributed by atoms with E-state index >= 15 is 0 Å². The third kappa shape index (κ3) is 4.04. The Balaban J connectivity index is 2.21. The van der Waals surface area contributed by atoms with Crippen molar-refractivity contribution in [3.63, 3.8) is 0 Å². The van der Waals surface area contributed by atoms with Crippen LogP contribution in [0.2, 0.25) is 0 Å². The third-order valence-corrected chi connectivity index (χ3v) is 4.39. The van der Waals surface area contributed by atoms with Crippen LogP contribution in [0.1, 0.15) is 39.2 Å². The molecule has 1 N–H and O–H groups in total. The molecule has 0 unspecified atom stereocenters. The molecule has 1 aliphatic heterocycles. The molecule has 0 aliphatic carbocycles. The summed E-state index contributed by atoms with van der Waals surface area (Å²) in [5, 5.41) is 3.68. The van der Waals surface area contributed by atoms with Gasteiger partial charge >= 0.3 is 0 Å². The van der Waals surface area contributed by atoms with Gasteiger partial charge in [-0.05, 0) is 51.3 Å². The van der Waals surface area contributed by atoms with E-state index in [1.807, 2.05) is 0 Å². The second-order valence-electron chi connectivity index (χ2n) is 6.50. The Labute approximate surface area is 125 Å². The molecule has 2 nitrogen and oxygen atoms in total. The van der Waals surface area contributed by atoms with Gasteiger partial charge in [-0.2, -0.15) is 0 Å². The van der Waals surface area contributed by atoms with Crippen LogP contribution in [0.25, 0.3) is 0 Å². The molecule has 0 amide bonds. The zero-order valence-electron chi connectivity index (χ0n) is 12.1. The number of nitrogens with one attached hydrogen (secondary N) is 1. The summed E-state index contributed by atoms with van der Waals surface area (Å²) in [6, 6.07) is 8.78. The zero-order chi connectivity index (χ0) is 13.9.